The molecule has 1 heterocycles. The van der Waals surface area contributed by atoms with Crippen molar-refractivity contribution in [2.75, 3.05) is 32.8 Å². The van der Waals surface area contributed by atoms with Gasteiger partial charge < -0.3 is 15.8 Å². The fraction of sp³-hybridized carbons (Fsp3) is 0.632. The van der Waals surface area contributed by atoms with Crippen molar-refractivity contribution in [1.29, 1.82) is 0 Å². The number of nitrogens with zero attached hydrogens (tertiary/aromatic N) is 1. The Kier molecular flexibility index (Phi) is 6.38. The average Bonchev–Trinajstić information content (AvgIpc) is 2.54. The number of hydrogen-bond acceptors (Lipinski definition) is 4. The lowest BCUT2D eigenvalue weighted by atomic mass is 9.87. The van der Waals surface area contributed by atoms with Gasteiger partial charge in [-0.3, -0.25) is 9.69 Å². The van der Waals surface area contributed by atoms with Gasteiger partial charge in [0.05, 0.1) is 25.3 Å². The third kappa shape index (κ3) is 5.03. The number of morpholine rings is 1. The van der Waals surface area contributed by atoms with Crippen LogP contribution in [0.15, 0.2) is 24.3 Å². The number of aryl methyl sites for hydroxylation is 1. The van der Waals surface area contributed by atoms with E-state index in [2.05, 4.69) is 41.4 Å². The van der Waals surface area contributed by atoms with Crippen LogP contribution in [0.2, 0.25) is 0 Å². The normalized spacial score (nSPS) is 18.9. The van der Waals surface area contributed by atoms with Gasteiger partial charge in [-0.1, -0.05) is 50.6 Å². The summed E-state index contributed by atoms with van der Waals surface area (Å²) in [4.78, 5) is 14.8. The summed E-state index contributed by atoms with van der Waals surface area (Å²) in [5.74, 6) is -0.0894. The molecule has 0 spiro atoms. The van der Waals surface area contributed by atoms with Crippen molar-refractivity contribution < 1.29 is 9.53 Å². The van der Waals surface area contributed by atoms with Gasteiger partial charge in [-0.15, -0.1) is 0 Å². The molecular weight excluding hydrogens is 302 g/mol. The second kappa shape index (κ2) is 8.10. The Hall–Kier alpha value is -1.43. The minimum Gasteiger partial charge on any atom is -0.379 e. The fourth-order valence-electron chi connectivity index (χ4n) is 2.92. The highest BCUT2D eigenvalue weighted by Gasteiger charge is 2.29. The van der Waals surface area contributed by atoms with Crippen LogP contribution in [-0.2, 0) is 9.53 Å². The first-order chi connectivity index (χ1) is 11.3. The van der Waals surface area contributed by atoms with E-state index in [1.54, 1.807) is 0 Å². The predicted octanol–water partition coefficient (Wildman–Crippen LogP) is 1.86. The molecule has 0 radical (unpaired) electrons. The molecular formula is C19H31N3O2. The number of rotatable bonds is 5. The zero-order chi connectivity index (χ0) is 17.7. The van der Waals surface area contributed by atoms with Gasteiger partial charge in [0.1, 0.15) is 0 Å². The van der Waals surface area contributed by atoms with Gasteiger partial charge in [0.15, 0.2) is 0 Å². The van der Waals surface area contributed by atoms with Crippen LogP contribution in [0, 0.1) is 12.3 Å². The number of ether oxygens (including phenoxy) is 1. The van der Waals surface area contributed by atoms with Crippen LogP contribution in [0.3, 0.4) is 0 Å². The minimum absolute atomic E-state index is 0.0894. The zero-order valence-corrected chi connectivity index (χ0v) is 15.3. The van der Waals surface area contributed by atoms with E-state index in [1.165, 1.54) is 11.1 Å². The molecule has 0 aliphatic carbocycles. The van der Waals surface area contributed by atoms with E-state index in [-0.39, 0.29) is 17.4 Å². The van der Waals surface area contributed by atoms with Crippen LogP contribution < -0.4 is 11.1 Å². The lowest BCUT2D eigenvalue weighted by Gasteiger charge is -2.35. The molecule has 1 unspecified atom stereocenters. The van der Waals surface area contributed by atoms with Gasteiger partial charge in [0.2, 0.25) is 5.91 Å². The highest BCUT2D eigenvalue weighted by molar-refractivity contribution is 5.82. The van der Waals surface area contributed by atoms with Crippen LogP contribution in [0.5, 0.6) is 0 Å². The third-order valence-electron chi connectivity index (χ3n) is 4.60. The van der Waals surface area contributed by atoms with E-state index in [0.717, 1.165) is 26.3 Å². The van der Waals surface area contributed by atoms with E-state index in [0.29, 0.717) is 6.54 Å². The lowest BCUT2D eigenvalue weighted by molar-refractivity contribution is -0.124. The Morgan fingerprint density at radius 2 is 2.00 bits per heavy atom. The molecule has 5 heteroatoms. The van der Waals surface area contributed by atoms with E-state index in [9.17, 15) is 4.79 Å². The molecule has 1 aliphatic rings. The number of nitrogens with two attached hydrogens (primary N) is 1. The van der Waals surface area contributed by atoms with Crippen molar-refractivity contribution in [2.45, 2.75) is 39.8 Å². The molecule has 1 aromatic rings. The first kappa shape index (κ1) is 18.9. The predicted molar refractivity (Wildman–Crippen MR) is 96.8 cm³/mol. The van der Waals surface area contributed by atoms with E-state index in [4.69, 9.17) is 10.5 Å². The van der Waals surface area contributed by atoms with E-state index >= 15 is 0 Å². The van der Waals surface area contributed by atoms with Crippen LogP contribution in [0.4, 0.5) is 0 Å². The number of benzene rings is 1. The van der Waals surface area contributed by atoms with Gasteiger partial charge in [-0.05, 0) is 17.9 Å². The van der Waals surface area contributed by atoms with Crippen LogP contribution in [0.1, 0.15) is 37.9 Å². The Bertz CT molecular complexity index is 548. The van der Waals surface area contributed by atoms with Crippen molar-refractivity contribution in [3.05, 3.63) is 35.4 Å². The van der Waals surface area contributed by atoms with Crippen LogP contribution >= 0.6 is 0 Å². The van der Waals surface area contributed by atoms with Crippen molar-refractivity contribution >= 4 is 5.91 Å². The summed E-state index contributed by atoms with van der Waals surface area (Å²) >= 11 is 0. The largest absolute Gasteiger partial charge is 0.379 e. The maximum absolute atomic E-state index is 12.4. The smallest absolute Gasteiger partial charge is 0.237 e. The van der Waals surface area contributed by atoms with Gasteiger partial charge in [-0.25, -0.2) is 0 Å². The van der Waals surface area contributed by atoms with Crippen molar-refractivity contribution in [2.24, 2.45) is 11.1 Å². The van der Waals surface area contributed by atoms with Crippen LogP contribution in [-0.4, -0.2) is 49.7 Å². The Balaban J connectivity index is 2.10. The summed E-state index contributed by atoms with van der Waals surface area (Å²) in [7, 11) is 0. The highest BCUT2D eigenvalue weighted by atomic mass is 16.5. The standard InChI is InChI=1S/C19H31N3O2/c1-14-6-5-7-15(12-14)16(22-8-10-24-11-9-22)13-21-18(23)17(20)19(2,3)4/h5-7,12,16-17H,8-11,13,20H2,1-4H3,(H,21,23)/t16?,17-/m1/s1. The Labute approximate surface area is 145 Å². The molecule has 0 aromatic heterocycles. The molecule has 5 nitrogen and oxygen atoms in total. The van der Waals surface area contributed by atoms with E-state index in [1.807, 2.05) is 20.8 Å². The molecule has 2 rings (SSSR count). The molecule has 1 fully saturated rings. The number of amides is 1. The highest BCUT2D eigenvalue weighted by Crippen LogP contribution is 2.23. The molecule has 134 valence electrons. The first-order valence-corrected chi connectivity index (χ1v) is 8.70. The molecule has 24 heavy (non-hydrogen) atoms. The zero-order valence-electron chi connectivity index (χ0n) is 15.3. The number of nitrogens with one attached hydrogen (secondary N) is 1. The SMILES string of the molecule is Cc1cccc(C(CNC(=O)[C@@H](N)C(C)(C)C)N2CCOCC2)c1. The monoisotopic (exact) mass is 333 g/mol. The second-order valence-electron chi connectivity index (χ2n) is 7.67. The van der Waals surface area contributed by atoms with Crippen molar-refractivity contribution in [3.8, 4) is 0 Å². The quantitative estimate of drug-likeness (QED) is 0.863. The average molecular weight is 333 g/mol. The third-order valence-corrected chi connectivity index (χ3v) is 4.60. The molecule has 0 bridgehead atoms. The molecule has 3 N–H and O–H groups in total. The maximum atomic E-state index is 12.4. The molecule has 1 amide bonds. The van der Waals surface area contributed by atoms with Gasteiger partial charge in [-0.2, -0.15) is 0 Å². The summed E-state index contributed by atoms with van der Waals surface area (Å²) in [6.45, 7) is 11.8. The van der Waals surface area contributed by atoms with Gasteiger partial charge in [0, 0.05) is 19.6 Å². The lowest BCUT2D eigenvalue weighted by Crippen LogP contribution is -2.51. The van der Waals surface area contributed by atoms with Crippen LogP contribution in [0.25, 0.3) is 0 Å². The number of carbonyl (C=O) groups is 1. The summed E-state index contributed by atoms with van der Waals surface area (Å²) in [5.41, 5.74) is 8.28. The summed E-state index contributed by atoms with van der Waals surface area (Å²) in [6.07, 6.45) is 0. The molecule has 1 aromatic carbocycles. The molecule has 1 aliphatic heterocycles. The van der Waals surface area contributed by atoms with Crippen molar-refractivity contribution in [1.82, 2.24) is 10.2 Å². The van der Waals surface area contributed by atoms with Gasteiger partial charge in [0.25, 0.3) is 0 Å². The molecule has 1 saturated heterocycles. The minimum atomic E-state index is -0.514. The summed E-state index contributed by atoms with van der Waals surface area (Å²) in [6, 6.07) is 8.11. The Morgan fingerprint density at radius 3 is 2.58 bits per heavy atom. The first-order valence-electron chi connectivity index (χ1n) is 8.70. The Morgan fingerprint density at radius 1 is 1.33 bits per heavy atom. The topological polar surface area (TPSA) is 67.6 Å². The van der Waals surface area contributed by atoms with Gasteiger partial charge >= 0.3 is 0 Å². The summed E-state index contributed by atoms with van der Waals surface area (Å²) in [5, 5.41) is 3.06. The number of hydrogen-bond donors (Lipinski definition) is 2. The molecule has 0 saturated carbocycles. The fourth-order valence-corrected chi connectivity index (χ4v) is 2.92. The number of carbonyl (C=O) groups excluding carboxylic acids is 1. The molecule has 2 atom stereocenters. The summed E-state index contributed by atoms with van der Waals surface area (Å²) < 4.78 is 5.47. The van der Waals surface area contributed by atoms with E-state index < -0.39 is 6.04 Å². The van der Waals surface area contributed by atoms with Crippen molar-refractivity contribution in [3.63, 3.8) is 0 Å². The second-order valence-corrected chi connectivity index (χ2v) is 7.67. The maximum Gasteiger partial charge on any atom is 0.237 e.